The molecule has 0 radical (unpaired) electrons. The first-order valence-corrected chi connectivity index (χ1v) is 9.99. The van der Waals surface area contributed by atoms with Crippen LogP contribution in [0.25, 0.3) is 0 Å². The van der Waals surface area contributed by atoms with Gasteiger partial charge in [-0.2, -0.15) is 5.26 Å². The number of rotatable bonds is 5. The van der Waals surface area contributed by atoms with E-state index >= 15 is 0 Å². The van der Waals surface area contributed by atoms with Gasteiger partial charge in [-0.15, -0.1) is 0 Å². The zero-order valence-electron chi connectivity index (χ0n) is 17.1. The highest BCUT2D eigenvalue weighted by atomic mass is 19.1. The number of nitriles is 1. The summed E-state index contributed by atoms with van der Waals surface area (Å²) in [7, 11) is 0. The maximum absolute atomic E-state index is 13.3. The van der Waals surface area contributed by atoms with Gasteiger partial charge in [-0.05, 0) is 79.2 Å². The van der Waals surface area contributed by atoms with E-state index < -0.39 is 23.5 Å². The maximum atomic E-state index is 13.3. The Bertz CT molecular complexity index is 1260. The number of benzene rings is 3. The molecule has 1 heterocycles. The number of carbonyl (C=O) groups is 3. The van der Waals surface area contributed by atoms with Crippen LogP contribution >= 0.6 is 0 Å². The van der Waals surface area contributed by atoms with Crippen molar-refractivity contribution in [1.29, 1.82) is 5.26 Å². The van der Waals surface area contributed by atoms with E-state index in [1.54, 1.807) is 49.4 Å². The second kappa shape index (κ2) is 8.44. The van der Waals surface area contributed by atoms with Crippen molar-refractivity contribution < 1.29 is 18.8 Å². The molecule has 1 aliphatic heterocycles. The smallest absolute Gasteiger partial charge is 0.244 e. The van der Waals surface area contributed by atoms with Crippen molar-refractivity contribution in [1.82, 2.24) is 0 Å². The van der Waals surface area contributed by atoms with Crippen LogP contribution in [-0.2, 0) is 9.59 Å². The van der Waals surface area contributed by atoms with Crippen LogP contribution in [0.2, 0.25) is 0 Å². The van der Waals surface area contributed by atoms with E-state index in [4.69, 9.17) is 5.26 Å². The Morgan fingerprint density at radius 1 is 1.03 bits per heavy atom. The zero-order valence-corrected chi connectivity index (χ0v) is 17.1. The lowest BCUT2D eigenvalue weighted by Gasteiger charge is -2.24. The topological polar surface area (TPSA) is 90.3 Å². The van der Waals surface area contributed by atoms with Crippen LogP contribution in [0.15, 0.2) is 66.7 Å². The van der Waals surface area contributed by atoms with Crippen LogP contribution in [0.4, 0.5) is 15.8 Å². The molecule has 3 aromatic rings. The first kappa shape index (κ1) is 20.9. The Morgan fingerprint density at radius 3 is 2.31 bits per heavy atom. The van der Waals surface area contributed by atoms with Crippen LogP contribution in [0.5, 0.6) is 0 Å². The summed E-state index contributed by atoms with van der Waals surface area (Å²) >= 11 is 0. The number of fused-ring (bicyclic) bond motifs is 1. The van der Waals surface area contributed by atoms with Crippen LogP contribution in [-0.4, -0.2) is 24.1 Å². The number of nitrogens with zero attached hydrogens (tertiary/aromatic N) is 2. The number of likely N-dealkylation sites (N-methyl/N-ethyl adjacent to an activating group) is 1. The van der Waals surface area contributed by atoms with Gasteiger partial charge in [0.1, 0.15) is 11.7 Å². The number of hydrogen-bond acceptors (Lipinski definition) is 4. The molecule has 0 aromatic heterocycles. The fraction of sp³-hybridized carbons (Fsp3) is 0.120. The average molecular weight is 427 g/mol. The second-order valence-corrected chi connectivity index (χ2v) is 7.30. The SMILES string of the molecule is CCN(C(=O)C1C(=O)Nc2ccc(C(=O)c3ccc(C#N)cc3)cc21)c1ccc(F)cc1. The largest absolute Gasteiger partial charge is 0.325 e. The Morgan fingerprint density at radius 2 is 1.69 bits per heavy atom. The monoisotopic (exact) mass is 427 g/mol. The summed E-state index contributed by atoms with van der Waals surface area (Å²) in [5, 5.41) is 11.6. The highest BCUT2D eigenvalue weighted by molar-refractivity contribution is 6.20. The number of amides is 2. The molecule has 0 bridgehead atoms. The molecule has 0 spiro atoms. The van der Waals surface area contributed by atoms with E-state index in [0.29, 0.717) is 33.6 Å². The van der Waals surface area contributed by atoms with Crippen LogP contribution in [0.1, 0.15) is 39.9 Å². The van der Waals surface area contributed by atoms with Crippen LogP contribution in [0.3, 0.4) is 0 Å². The van der Waals surface area contributed by atoms with Gasteiger partial charge < -0.3 is 10.2 Å². The van der Waals surface area contributed by atoms with Crippen molar-refractivity contribution in [3.8, 4) is 6.07 Å². The Kier molecular flexibility index (Phi) is 5.52. The number of ketones is 1. The number of anilines is 2. The number of halogens is 1. The minimum Gasteiger partial charge on any atom is -0.325 e. The predicted octanol–water partition coefficient (Wildman–Crippen LogP) is 4.02. The van der Waals surface area contributed by atoms with Crippen LogP contribution in [0, 0.1) is 17.1 Å². The van der Waals surface area contributed by atoms with E-state index in [1.165, 1.54) is 29.2 Å². The average Bonchev–Trinajstić information content (AvgIpc) is 3.15. The number of carbonyl (C=O) groups excluding carboxylic acids is 3. The summed E-state index contributed by atoms with van der Waals surface area (Å²) in [5.74, 6) is -2.77. The van der Waals surface area contributed by atoms with Gasteiger partial charge in [0.15, 0.2) is 5.78 Å². The van der Waals surface area contributed by atoms with E-state index in [1.807, 2.05) is 6.07 Å². The highest BCUT2D eigenvalue weighted by Gasteiger charge is 2.39. The summed E-state index contributed by atoms with van der Waals surface area (Å²) in [4.78, 5) is 40.3. The molecule has 32 heavy (non-hydrogen) atoms. The molecule has 6 nitrogen and oxygen atoms in total. The van der Waals surface area contributed by atoms with Gasteiger partial charge in [-0.3, -0.25) is 14.4 Å². The molecular weight excluding hydrogens is 409 g/mol. The molecule has 0 saturated heterocycles. The minimum atomic E-state index is -1.12. The molecule has 158 valence electrons. The molecule has 3 aromatic carbocycles. The number of hydrogen-bond donors (Lipinski definition) is 1. The van der Waals surface area contributed by atoms with Crippen molar-refractivity contribution in [2.75, 3.05) is 16.8 Å². The summed E-state index contributed by atoms with van der Waals surface area (Å²) < 4.78 is 13.3. The van der Waals surface area contributed by atoms with Gasteiger partial charge in [0.05, 0.1) is 11.6 Å². The Labute approximate surface area is 183 Å². The third-order valence-electron chi connectivity index (χ3n) is 5.39. The van der Waals surface area contributed by atoms with E-state index in [9.17, 15) is 18.8 Å². The molecule has 1 aliphatic rings. The van der Waals surface area contributed by atoms with Gasteiger partial charge in [0.2, 0.25) is 11.8 Å². The normalized spacial score (nSPS) is 14.3. The van der Waals surface area contributed by atoms with E-state index in [-0.39, 0.29) is 12.3 Å². The lowest BCUT2D eigenvalue weighted by Crippen LogP contribution is -2.37. The van der Waals surface area contributed by atoms with Crippen molar-refractivity contribution in [3.05, 3.63) is 94.8 Å². The summed E-state index contributed by atoms with van der Waals surface area (Å²) in [5.41, 5.74) is 2.53. The minimum absolute atomic E-state index is 0.284. The molecule has 7 heteroatoms. The lowest BCUT2D eigenvalue weighted by molar-refractivity contribution is -0.126. The lowest BCUT2D eigenvalue weighted by atomic mass is 9.94. The molecule has 1 N–H and O–H groups in total. The highest BCUT2D eigenvalue weighted by Crippen LogP contribution is 2.36. The van der Waals surface area contributed by atoms with Gasteiger partial charge in [0, 0.05) is 29.0 Å². The fourth-order valence-corrected chi connectivity index (χ4v) is 3.75. The molecule has 4 rings (SSSR count). The zero-order chi connectivity index (χ0) is 22.8. The van der Waals surface area contributed by atoms with Crippen molar-refractivity contribution in [2.24, 2.45) is 0 Å². The number of nitrogens with one attached hydrogen (secondary N) is 1. The van der Waals surface area contributed by atoms with Gasteiger partial charge in [0.25, 0.3) is 0 Å². The molecule has 1 atom stereocenters. The fourth-order valence-electron chi connectivity index (χ4n) is 3.75. The Balaban J connectivity index is 1.67. The first-order chi connectivity index (χ1) is 15.4. The van der Waals surface area contributed by atoms with Gasteiger partial charge in [-0.1, -0.05) is 0 Å². The van der Waals surface area contributed by atoms with Gasteiger partial charge >= 0.3 is 0 Å². The third-order valence-corrected chi connectivity index (χ3v) is 5.39. The second-order valence-electron chi connectivity index (χ2n) is 7.30. The predicted molar refractivity (Wildman–Crippen MR) is 117 cm³/mol. The quantitative estimate of drug-likeness (QED) is 0.492. The molecule has 0 aliphatic carbocycles. The van der Waals surface area contributed by atoms with Crippen molar-refractivity contribution in [3.63, 3.8) is 0 Å². The van der Waals surface area contributed by atoms with E-state index in [0.717, 1.165) is 0 Å². The van der Waals surface area contributed by atoms with Gasteiger partial charge in [-0.25, -0.2) is 4.39 Å². The summed E-state index contributed by atoms with van der Waals surface area (Å²) in [6.45, 7) is 2.05. The van der Waals surface area contributed by atoms with Crippen molar-refractivity contribution in [2.45, 2.75) is 12.8 Å². The van der Waals surface area contributed by atoms with E-state index in [2.05, 4.69) is 5.32 Å². The first-order valence-electron chi connectivity index (χ1n) is 9.99. The van der Waals surface area contributed by atoms with Crippen molar-refractivity contribution >= 4 is 29.0 Å². The molecule has 0 fully saturated rings. The molecule has 1 unspecified atom stereocenters. The maximum Gasteiger partial charge on any atom is 0.244 e. The Hall–Kier alpha value is -4.31. The molecular formula is C25H18FN3O3. The molecule has 0 saturated carbocycles. The van der Waals surface area contributed by atoms with Crippen LogP contribution < -0.4 is 10.2 Å². The third kappa shape index (κ3) is 3.74. The molecule has 2 amide bonds. The standard InChI is InChI=1S/C25H18FN3O3/c1-2-29(19-10-8-18(26)9-11-19)25(32)22-20-13-17(7-12-21(20)28-24(22)31)23(30)16-5-3-15(14-27)4-6-16/h3-13,22H,2H2,1H3,(H,28,31). The summed E-state index contributed by atoms with van der Waals surface area (Å²) in [6, 6.07) is 18.4. The summed E-state index contributed by atoms with van der Waals surface area (Å²) in [6.07, 6.45) is 0.